The summed E-state index contributed by atoms with van der Waals surface area (Å²) in [6, 6.07) is 10.0. The fraction of sp³-hybridized carbons (Fsp3) is 0.548. The standard InChI is InChI=1S/C42H53F3N8O6/c1-25(2)36(49-41(57)58-4)39(55)53-17-5-6-34(53)37-46-23-33(48-37)28-9-7-27(8-10-28)32-14-13-30(22-35(32)59-42(43,44)45)47-40(56)51-20-21-52(26(3)24-51)31-15-18-50(19-16-31)38(54)29-11-12-29/h7-10,13-14,22-23,25-26,29,31,34,36H,5-6,11-12,15-21,24H2,1-4H3,(H,46,48)(H,47,56)(H,49,57). The highest BCUT2D eigenvalue weighted by Crippen LogP contribution is 2.38. The van der Waals surface area contributed by atoms with Gasteiger partial charge in [-0.05, 0) is 74.6 Å². The minimum atomic E-state index is -4.98. The van der Waals surface area contributed by atoms with Gasteiger partial charge in [-0.15, -0.1) is 13.2 Å². The Kier molecular flexibility index (Phi) is 12.4. The van der Waals surface area contributed by atoms with E-state index in [1.807, 2.05) is 18.7 Å². The fourth-order valence-electron chi connectivity index (χ4n) is 8.63. The molecule has 3 aromatic rings. The molecule has 1 saturated carbocycles. The summed E-state index contributed by atoms with van der Waals surface area (Å²) in [5.41, 5.74) is 2.20. The minimum Gasteiger partial charge on any atom is -0.453 e. The van der Waals surface area contributed by atoms with Crippen LogP contribution in [0.25, 0.3) is 22.4 Å². The number of urea groups is 1. The third kappa shape index (κ3) is 9.77. The lowest BCUT2D eigenvalue weighted by atomic mass is 9.99. The van der Waals surface area contributed by atoms with Crippen LogP contribution in [0, 0.1) is 11.8 Å². The number of likely N-dealkylation sites (tertiary alicyclic amines) is 2. The number of ether oxygens (including phenoxy) is 2. The number of alkyl halides is 3. The molecule has 59 heavy (non-hydrogen) atoms. The third-order valence-corrected chi connectivity index (χ3v) is 11.9. The summed E-state index contributed by atoms with van der Waals surface area (Å²) in [4.78, 5) is 67.1. The van der Waals surface area contributed by atoms with Gasteiger partial charge in [-0.1, -0.05) is 38.1 Å². The van der Waals surface area contributed by atoms with Crippen molar-refractivity contribution < 1.29 is 41.8 Å². The van der Waals surface area contributed by atoms with Crippen molar-refractivity contribution in [2.45, 2.75) is 89.8 Å². The number of nitrogens with zero attached hydrogens (tertiary/aromatic N) is 5. The van der Waals surface area contributed by atoms with E-state index in [4.69, 9.17) is 4.74 Å². The van der Waals surface area contributed by atoms with Gasteiger partial charge in [0.2, 0.25) is 11.8 Å². The van der Waals surface area contributed by atoms with Gasteiger partial charge in [0.25, 0.3) is 0 Å². The molecule has 3 unspecified atom stereocenters. The second-order valence-electron chi connectivity index (χ2n) is 16.4. The Balaban J connectivity index is 0.988. The number of anilines is 1. The average molecular weight is 823 g/mol. The Bertz CT molecular complexity index is 2000. The summed E-state index contributed by atoms with van der Waals surface area (Å²) < 4.78 is 50.3. The molecule has 1 aliphatic carbocycles. The van der Waals surface area contributed by atoms with Crippen molar-refractivity contribution in [1.29, 1.82) is 0 Å². The summed E-state index contributed by atoms with van der Waals surface area (Å²) in [6.07, 6.45) is 1.23. The number of imidazole rings is 1. The van der Waals surface area contributed by atoms with E-state index in [9.17, 15) is 32.3 Å². The first-order chi connectivity index (χ1) is 28.2. The summed E-state index contributed by atoms with van der Waals surface area (Å²) in [6.45, 7) is 9.38. The number of amides is 5. The molecule has 318 valence electrons. The van der Waals surface area contributed by atoms with Gasteiger partial charge in [-0.2, -0.15) is 0 Å². The molecule has 3 atom stereocenters. The average Bonchev–Trinajstić information content (AvgIpc) is 3.73. The number of piperazine rings is 1. The molecule has 0 bridgehead atoms. The minimum absolute atomic E-state index is 0.0777. The molecule has 1 aromatic heterocycles. The lowest BCUT2D eigenvalue weighted by molar-refractivity contribution is -0.274. The number of H-pyrrole nitrogens is 1. The maximum absolute atomic E-state index is 13.7. The van der Waals surface area contributed by atoms with Gasteiger partial charge in [0.1, 0.15) is 17.6 Å². The summed E-state index contributed by atoms with van der Waals surface area (Å²) >= 11 is 0. The van der Waals surface area contributed by atoms with Gasteiger partial charge in [0.15, 0.2) is 0 Å². The van der Waals surface area contributed by atoms with Crippen molar-refractivity contribution >= 4 is 29.6 Å². The molecule has 0 radical (unpaired) electrons. The topological polar surface area (TPSA) is 152 Å². The largest absolute Gasteiger partial charge is 0.573 e. The van der Waals surface area contributed by atoms with Crippen molar-refractivity contribution in [3.63, 3.8) is 0 Å². The number of nitrogens with one attached hydrogen (secondary N) is 3. The van der Waals surface area contributed by atoms with Crippen LogP contribution in [0.1, 0.15) is 71.2 Å². The molecule has 17 heteroatoms. The lowest BCUT2D eigenvalue weighted by Gasteiger charge is -2.46. The molecule has 4 heterocycles. The van der Waals surface area contributed by atoms with E-state index in [1.165, 1.54) is 19.2 Å². The Morgan fingerprint density at radius 1 is 0.898 bits per heavy atom. The van der Waals surface area contributed by atoms with Crippen LogP contribution in [0.2, 0.25) is 0 Å². The first-order valence-electron chi connectivity index (χ1n) is 20.5. The van der Waals surface area contributed by atoms with Gasteiger partial charge in [-0.3, -0.25) is 14.5 Å². The Labute approximate surface area is 341 Å². The van der Waals surface area contributed by atoms with E-state index in [0.29, 0.717) is 55.7 Å². The monoisotopic (exact) mass is 822 g/mol. The number of aromatic amines is 1. The number of aromatic nitrogens is 2. The number of piperidine rings is 1. The van der Waals surface area contributed by atoms with Crippen LogP contribution in [-0.2, 0) is 14.3 Å². The van der Waals surface area contributed by atoms with Gasteiger partial charge in [-0.25, -0.2) is 14.6 Å². The Hall–Kier alpha value is -5.32. The Morgan fingerprint density at radius 3 is 2.25 bits per heavy atom. The highest BCUT2D eigenvalue weighted by Gasteiger charge is 2.39. The Morgan fingerprint density at radius 2 is 1.61 bits per heavy atom. The quantitative estimate of drug-likeness (QED) is 0.206. The zero-order chi connectivity index (χ0) is 42.0. The van der Waals surface area contributed by atoms with Crippen LogP contribution >= 0.6 is 0 Å². The van der Waals surface area contributed by atoms with E-state index in [1.54, 1.807) is 46.3 Å². The molecule has 2 aromatic carbocycles. The maximum Gasteiger partial charge on any atom is 0.573 e. The van der Waals surface area contributed by atoms with Crippen LogP contribution in [-0.4, -0.2) is 124 Å². The molecule has 0 spiro atoms. The van der Waals surface area contributed by atoms with Crippen LogP contribution in [0.4, 0.5) is 28.4 Å². The molecule has 4 aliphatic rings. The summed E-state index contributed by atoms with van der Waals surface area (Å²) in [7, 11) is 1.25. The molecular formula is C42H53F3N8O6. The number of rotatable bonds is 10. The van der Waals surface area contributed by atoms with Gasteiger partial charge < -0.3 is 39.8 Å². The molecule has 3 N–H and O–H groups in total. The van der Waals surface area contributed by atoms with Crippen LogP contribution in [0.3, 0.4) is 0 Å². The van der Waals surface area contributed by atoms with Crippen LogP contribution in [0.5, 0.6) is 5.75 Å². The number of methoxy groups -OCH3 is 1. The molecule has 7 rings (SSSR count). The van der Waals surface area contributed by atoms with Crippen molar-refractivity contribution in [2.75, 3.05) is 51.7 Å². The second-order valence-corrected chi connectivity index (χ2v) is 16.4. The van der Waals surface area contributed by atoms with Crippen LogP contribution < -0.4 is 15.4 Å². The number of carbonyl (C=O) groups is 4. The maximum atomic E-state index is 13.7. The summed E-state index contributed by atoms with van der Waals surface area (Å²) in [5, 5.41) is 5.41. The van der Waals surface area contributed by atoms with E-state index in [-0.39, 0.29) is 47.0 Å². The van der Waals surface area contributed by atoms with Crippen molar-refractivity contribution in [3.05, 3.63) is 54.5 Å². The predicted molar refractivity (Wildman–Crippen MR) is 213 cm³/mol. The first-order valence-corrected chi connectivity index (χ1v) is 20.5. The number of hydrogen-bond donors (Lipinski definition) is 3. The first kappa shape index (κ1) is 41.8. The summed E-state index contributed by atoms with van der Waals surface area (Å²) in [5.74, 6) is 0.233. The molecule has 3 saturated heterocycles. The van der Waals surface area contributed by atoms with E-state index in [0.717, 1.165) is 50.8 Å². The predicted octanol–water partition coefficient (Wildman–Crippen LogP) is 6.63. The number of hydrogen-bond acceptors (Lipinski definition) is 8. The van der Waals surface area contributed by atoms with E-state index >= 15 is 0 Å². The second kappa shape index (κ2) is 17.5. The highest BCUT2D eigenvalue weighted by molar-refractivity contribution is 5.91. The van der Waals surface area contributed by atoms with Crippen LogP contribution in [0.15, 0.2) is 48.7 Å². The fourth-order valence-corrected chi connectivity index (χ4v) is 8.63. The van der Waals surface area contributed by atoms with E-state index < -0.39 is 30.3 Å². The van der Waals surface area contributed by atoms with Crippen molar-refractivity contribution in [2.24, 2.45) is 11.8 Å². The molecule has 3 aliphatic heterocycles. The van der Waals surface area contributed by atoms with Gasteiger partial charge >= 0.3 is 18.5 Å². The SMILES string of the molecule is COC(=O)NC(C(=O)N1CCCC1c1ncc(-c2ccc(-c3ccc(NC(=O)N4CCN(C5CCN(C(=O)C6CC6)CC5)C(C)C4)cc3OC(F)(F)F)cc2)[nH]1)C(C)C. The highest BCUT2D eigenvalue weighted by atomic mass is 19.4. The number of halogens is 3. The van der Waals surface area contributed by atoms with Gasteiger partial charge in [0, 0.05) is 74.6 Å². The number of benzene rings is 2. The number of carbonyl (C=O) groups excluding carboxylic acids is 4. The van der Waals surface area contributed by atoms with Crippen molar-refractivity contribution in [3.8, 4) is 28.1 Å². The zero-order valence-corrected chi connectivity index (χ0v) is 33.9. The van der Waals surface area contributed by atoms with Crippen molar-refractivity contribution in [1.82, 2.24) is 34.9 Å². The normalized spacial score (nSPS) is 21.1. The molecular weight excluding hydrogens is 770 g/mol. The molecule has 14 nitrogen and oxygen atoms in total. The number of alkyl carbamates (subject to hydrolysis) is 1. The van der Waals surface area contributed by atoms with Gasteiger partial charge in [0.05, 0.1) is 25.0 Å². The third-order valence-electron chi connectivity index (χ3n) is 11.9. The molecule has 4 fully saturated rings. The molecule has 5 amide bonds. The van der Waals surface area contributed by atoms with E-state index in [2.05, 4.69) is 37.2 Å². The smallest absolute Gasteiger partial charge is 0.453 e. The zero-order valence-electron chi connectivity index (χ0n) is 33.9. The lowest BCUT2D eigenvalue weighted by Crippen LogP contribution is -2.59.